The van der Waals surface area contributed by atoms with Crippen LogP contribution in [0, 0.1) is 6.92 Å². The van der Waals surface area contributed by atoms with Gasteiger partial charge in [0.25, 0.3) is 0 Å². The average molecular weight is 427 g/mol. The minimum atomic E-state index is -0.187. The number of ether oxygens (including phenoxy) is 1. The molecule has 160 valence electrons. The third-order valence-corrected chi connectivity index (χ3v) is 7.41. The lowest BCUT2D eigenvalue weighted by Crippen LogP contribution is -2.34. The Bertz CT molecular complexity index is 1020. The Morgan fingerprint density at radius 1 is 1.17 bits per heavy atom. The van der Waals surface area contributed by atoms with E-state index in [1.807, 2.05) is 12.3 Å². The average Bonchev–Trinajstić information content (AvgIpc) is 3.17. The highest BCUT2D eigenvalue weighted by molar-refractivity contribution is 7.99. The van der Waals surface area contributed by atoms with E-state index in [2.05, 4.69) is 66.5 Å². The van der Waals surface area contributed by atoms with Gasteiger partial charge in [-0.1, -0.05) is 32.9 Å². The van der Waals surface area contributed by atoms with Gasteiger partial charge in [-0.25, -0.2) is 0 Å². The Labute approximate surface area is 183 Å². The molecule has 30 heavy (non-hydrogen) atoms. The molecule has 6 nitrogen and oxygen atoms in total. The monoisotopic (exact) mass is 426 g/mol. The second-order valence-electron chi connectivity index (χ2n) is 8.86. The highest BCUT2D eigenvalue weighted by Gasteiger charge is 2.50. The zero-order chi connectivity index (χ0) is 21.7. The van der Waals surface area contributed by atoms with Crippen LogP contribution in [0.25, 0.3) is 0 Å². The van der Waals surface area contributed by atoms with E-state index in [1.54, 1.807) is 26.2 Å². The minimum absolute atomic E-state index is 0.173. The van der Waals surface area contributed by atoms with Crippen molar-refractivity contribution >= 4 is 29.0 Å². The predicted molar refractivity (Wildman–Crippen MR) is 125 cm³/mol. The van der Waals surface area contributed by atoms with Crippen LogP contribution < -0.4 is 14.4 Å². The quantitative estimate of drug-likeness (QED) is 0.536. The summed E-state index contributed by atoms with van der Waals surface area (Å²) in [5, 5.41) is 7.98. The molecule has 0 bridgehead atoms. The first kappa shape index (κ1) is 20.8. The van der Waals surface area contributed by atoms with Crippen molar-refractivity contribution in [1.82, 2.24) is 4.98 Å². The molecule has 1 aromatic heterocycles. The molecule has 0 amide bonds. The van der Waals surface area contributed by atoms with E-state index in [1.165, 1.54) is 22.5 Å². The molecule has 1 N–H and O–H groups in total. The van der Waals surface area contributed by atoms with Crippen molar-refractivity contribution in [2.45, 2.75) is 51.2 Å². The number of pyridine rings is 1. The van der Waals surface area contributed by atoms with Crippen molar-refractivity contribution in [3.8, 4) is 5.75 Å². The van der Waals surface area contributed by atoms with E-state index in [-0.39, 0.29) is 10.8 Å². The van der Waals surface area contributed by atoms with E-state index in [4.69, 9.17) is 9.57 Å². The molecule has 1 aliphatic carbocycles. The highest BCUT2D eigenvalue weighted by atomic mass is 32.2. The van der Waals surface area contributed by atoms with Gasteiger partial charge in [-0.2, -0.15) is 0 Å². The number of fused-ring (bicyclic) bond motifs is 2. The summed E-state index contributed by atoms with van der Waals surface area (Å²) in [4.78, 5) is 9.77. The van der Waals surface area contributed by atoms with Gasteiger partial charge in [0, 0.05) is 22.6 Å². The fourth-order valence-corrected chi connectivity index (χ4v) is 5.76. The summed E-state index contributed by atoms with van der Waals surface area (Å²) in [5.41, 5.74) is 7.84. The molecule has 4 rings (SSSR count). The largest absolute Gasteiger partial charge is 0.496 e. The van der Waals surface area contributed by atoms with Crippen LogP contribution in [0.4, 0.5) is 11.4 Å². The SMILES string of the molecule is CON=C1C(C)(C)c2cc3c(cc2C1(C)C)N(SCc1nccc(OC)c1C)CN3. The topological polar surface area (TPSA) is 59.0 Å². The second kappa shape index (κ2) is 7.38. The Kier molecular flexibility index (Phi) is 5.12. The summed E-state index contributed by atoms with van der Waals surface area (Å²) in [7, 11) is 3.32. The number of benzene rings is 1. The standard InChI is InChI=1S/C23H30N4O2S/c1-14-18(24-9-8-20(14)28-6)12-30-27-13-25-17-10-15-16(11-19(17)27)23(4,5)21(26-29-7)22(15,2)3/h8-11,25H,12-13H2,1-7H3. The molecule has 0 fully saturated rings. The van der Waals surface area contributed by atoms with E-state index >= 15 is 0 Å². The summed E-state index contributed by atoms with van der Waals surface area (Å²) in [6.45, 7) is 11.7. The first-order chi connectivity index (χ1) is 14.2. The van der Waals surface area contributed by atoms with Crippen molar-refractivity contribution in [1.29, 1.82) is 0 Å². The van der Waals surface area contributed by atoms with Crippen LogP contribution in [0.2, 0.25) is 0 Å². The van der Waals surface area contributed by atoms with Gasteiger partial charge in [-0.05, 0) is 48.2 Å². The molecule has 0 spiro atoms. The molecular weight excluding hydrogens is 396 g/mol. The van der Waals surface area contributed by atoms with Gasteiger partial charge in [-0.3, -0.25) is 9.29 Å². The molecule has 0 unspecified atom stereocenters. The van der Waals surface area contributed by atoms with Crippen molar-refractivity contribution in [3.63, 3.8) is 0 Å². The van der Waals surface area contributed by atoms with Gasteiger partial charge in [-0.15, -0.1) is 0 Å². The lowest BCUT2D eigenvalue weighted by molar-refractivity contribution is 0.208. The molecule has 7 heteroatoms. The fraction of sp³-hybridized carbons (Fsp3) is 0.478. The van der Waals surface area contributed by atoms with E-state index in [0.717, 1.165) is 35.1 Å². The molecule has 0 radical (unpaired) electrons. The van der Waals surface area contributed by atoms with Gasteiger partial charge in [0.15, 0.2) is 0 Å². The summed E-state index contributed by atoms with van der Waals surface area (Å²) < 4.78 is 7.75. The molecule has 2 heterocycles. The maximum Gasteiger partial charge on any atom is 0.125 e. The van der Waals surface area contributed by atoms with Gasteiger partial charge in [0.2, 0.25) is 0 Å². The Morgan fingerprint density at radius 3 is 2.53 bits per heavy atom. The van der Waals surface area contributed by atoms with Gasteiger partial charge < -0.3 is 14.9 Å². The highest BCUT2D eigenvalue weighted by Crippen LogP contribution is 2.52. The van der Waals surface area contributed by atoms with Crippen LogP contribution in [0.15, 0.2) is 29.6 Å². The number of nitrogens with one attached hydrogen (secondary N) is 1. The molecule has 0 saturated heterocycles. The smallest absolute Gasteiger partial charge is 0.125 e. The Morgan fingerprint density at radius 2 is 1.87 bits per heavy atom. The molecule has 1 aromatic carbocycles. The molecule has 2 aromatic rings. The second-order valence-corrected chi connectivity index (χ2v) is 9.85. The van der Waals surface area contributed by atoms with Crippen molar-refractivity contribution in [2.24, 2.45) is 5.16 Å². The number of aromatic nitrogens is 1. The van der Waals surface area contributed by atoms with Crippen LogP contribution >= 0.6 is 11.9 Å². The summed E-state index contributed by atoms with van der Waals surface area (Å²) in [6, 6.07) is 6.52. The van der Waals surface area contributed by atoms with Crippen molar-refractivity contribution in [3.05, 3.63) is 46.8 Å². The molecule has 2 aliphatic rings. The summed E-state index contributed by atoms with van der Waals surface area (Å²) in [5.74, 6) is 1.67. The maximum atomic E-state index is 5.44. The molecule has 0 atom stereocenters. The molecular formula is C23H30N4O2S. The summed E-state index contributed by atoms with van der Waals surface area (Å²) >= 11 is 1.77. The molecule has 1 aliphatic heterocycles. The number of hydrogen-bond donors (Lipinski definition) is 1. The Balaban J connectivity index is 1.65. The zero-order valence-corrected chi connectivity index (χ0v) is 19.6. The lowest BCUT2D eigenvalue weighted by Gasteiger charge is -2.25. The summed E-state index contributed by atoms with van der Waals surface area (Å²) in [6.07, 6.45) is 1.81. The number of oxime groups is 1. The maximum absolute atomic E-state index is 5.44. The predicted octanol–water partition coefficient (Wildman–Crippen LogP) is 5.01. The zero-order valence-electron chi connectivity index (χ0n) is 18.8. The van der Waals surface area contributed by atoms with Crippen molar-refractivity contribution in [2.75, 3.05) is 30.5 Å². The van der Waals surface area contributed by atoms with Crippen LogP contribution in [-0.2, 0) is 21.4 Å². The number of hydrogen-bond acceptors (Lipinski definition) is 7. The number of anilines is 2. The van der Waals surface area contributed by atoms with E-state index in [0.29, 0.717) is 0 Å². The Hall–Kier alpha value is -2.41. The van der Waals surface area contributed by atoms with E-state index < -0.39 is 0 Å². The van der Waals surface area contributed by atoms with Gasteiger partial charge in [0.05, 0.1) is 42.3 Å². The van der Waals surface area contributed by atoms with E-state index in [9.17, 15) is 0 Å². The first-order valence-electron chi connectivity index (χ1n) is 10.2. The number of nitrogens with zero attached hydrogens (tertiary/aromatic N) is 3. The van der Waals surface area contributed by atoms with Crippen molar-refractivity contribution < 1.29 is 9.57 Å². The van der Waals surface area contributed by atoms with Crippen LogP contribution in [0.5, 0.6) is 5.75 Å². The third kappa shape index (κ3) is 3.11. The van der Waals surface area contributed by atoms with Crippen LogP contribution in [-0.4, -0.2) is 31.6 Å². The van der Waals surface area contributed by atoms with Crippen LogP contribution in [0.1, 0.15) is 50.1 Å². The third-order valence-electron chi connectivity index (χ3n) is 6.37. The fourth-order valence-electron chi connectivity index (χ4n) is 4.75. The lowest BCUT2D eigenvalue weighted by atomic mass is 9.79. The normalized spacial score (nSPS) is 19.4. The number of methoxy groups -OCH3 is 1. The van der Waals surface area contributed by atoms with Gasteiger partial charge >= 0.3 is 0 Å². The van der Waals surface area contributed by atoms with Crippen LogP contribution in [0.3, 0.4) is 0 Å². The first-order valence-corrected chi connectivity index (χ1v) is 11.1. The number of rotatable bonds is 5. The van der Waals surface area contributed by atoms with Gasteiger partial charge in [0.1, 0.15) is 12.9 Å². The minimum Gasteiger partial charge on any atom is -0.496 e. The molecule has 0 saturated carbocycles.